The number of ether oxygens (including phenoxy) is 2. The molecule has 5 heteroatoms. The van der Waals surface area contributed by atoms with Crippen LogP contribution in [0.3, 0.4) is 0 Å². The Bertz CT molecular complexity index is 540. The Labute approximate surface area is 93.2 Å². The van der Waals surface area contributed by atoms with Crippen molar-refractivity contribution in [2.75, 3.05) is 20.0 Å². The van der Waals surface area contributed by atoms with Crippen molar-refractivity contribution in [1.82, 2.24) is 9.97 Å². The minimum Gasteiger partial charge on any atom is -0.493 e. The van der Waals surface area contributed by atoms with E-state index in [1.165, 1.54) is 0 Å². The molecule has 0 aliphatic rings. The molecule has 0 saturated heterocycles. The average Bonchev–Trinajstić information content (AvgIpc) is 2.27. The second-order valence-corrected chi connectivity index (χ2v) is 3.35. The van der Waals surface area contributed by atoms with Crippen molar-refractivity contribution in [2.45, 2.75) is 6.92 Å². The topological polar surface area (TPSA) is 70.3 Å². The Morgan fingerprint density at radius 3 is 2.50 bits per heavy atom. The van der Waals surface area contributed by atoms with Gasteiger partial charge in [0.25, 0.3) is 0 Å². The van der Waals surface area contributed by atoms with E-state index < -0.39 is 0 Å². The summed E-state index contributed by atoms with van der Waals surface area (Å²) in [6, 6.07) is 3.63. The Morgan fingerprint density at radius 2 is 1.88 bits per heavy atom. The third-order valence-corrected chi connectivity index (χ3v) is 2.34. The molecule has 0 radical (unpaired) electrons. The van der Waals surface area contributed by atoms with Gasteiger partial charge in [-0.05, 0) is 19.1 Å². The molecule has 0 unspecified atom stereocenters. The number of aryl methyl sites for hydroxylation is 1. The largest absolute Gasteiger partial charge is 0.493 e. The SMILES string of the molecule is COc1ccc2nc(C)nc(N)c2c1OC. The summed E-state index contributed by atoms with van der Waals surface area (Å²) in [7, 11) is 3.14. The van der Waals surface area contributed by atoms with Crippen molar-refractivity contribution in [3.05, 3.63) is 18.0 Å². The summed E-state index contributed by atoms with van der Waals surface area (Å²) in [5, 5.41) is 0.687. The van der Waals surface area contributed by atoms with E-state index >= 15 is 0 Å². The fourth-order valence-electron chi connectivity index (χ4n) is 1.69. The summed E-state index contributed by atoms with van der Waals surface area (Å²) in [6.45, 7) is 1.80. The van der Waals surface area contributed by atoms with E-state index in [0.717, 1.165) is 5.52 Å². The molecule has 0 spiro atoms. The minimum atomic E-state index is 0.401. The molecule has 0 saturated carbocycles. The molecule has 16 heavy (non-hydrogen) atoms. The van der Waals surface area contributed by atoms with E-state index in [1.54, 1.807) is 27.2 Å². The maximum atomic E-state index is 5.87. The van der Waals surface area contributed by atoms with E-state index in [4.69, 9.17) is 15.2 Å². The van der Waals surface area contributed by atoms with Crippen LogP contribution in [0.4, 0.5) is 5.82 Å². The number of nitrogens with zero attached hydrogens (tertiary/aromatic N) is 2. The number of rotatable bonds is 2. The highest BCUT2D eigenvalue weighted by Gasteiger charge is 2.13. The number of nitrogens with two attached hydrogens (primary N) is 1. The van der Waals surface area contributed by atoms with Gasteiger partial charge < -0.3 is 15.2 Å². The summed E-state index contributed by atoms with van der Waals surface area (Å²) < 4.78 is 10.5. The van der Waals surface area contributed by atoms with Crippen LogP contribution in [-0.2, 0) is 0 Å². The highest BCUT2D eigenvalue weighted by Crippen LogP contribution is 2.36. The van der Waals surface area contributed by atoms with Crippen molar-refractivity contribution >= 4 is 16.7 Å². The lowest BCUT2D eigenvalue weighted by Gasteiger charge is -2.11. The first-order chi connectivity index (χ1) is 7.67. The second kappa shape index (κ2) is 3.84. The molecule has 2 rings (SSSR count). The van der Waals surface area contributed by atoms with Gasteiger partial charge in [-0.2, -0.15) is 0 Å². The highest BCUT2D eigenvalue weighted by atomic mass is 16.5. The predicted octanol–water partition coefficient (Wildman–Crippen LogP) is 1.54. The summed E-state index contributed by atoms with van der Waals surface area (Å²) in [5.41, 5.74) is 6.62. The van der Waals surface area contributed by atoms with Crippen molar-refractivity contribution in [3.8, 4) is 11.5 Å². The molecule has 1 aromatic heterocycles. The molecule has 5 nitrogen and oxygen atoms in total. The maximum absolute atomic E-state index is 5.87. The van der Waals surface area contributed by atoms with Crippen molar-refractivity contribution < 1.29 is 9.47 Å². The molecule has 0 fully saturated rings. The first-order valence-electron chi connectivity index (χ1n) is 4.82. The van der Waals surface area contributed by atoms with Gasteiger partial charge in [0, 0.05) is 0 Å². The molecule has 1 heterocycles. The fraction of sp³-hybridized carbons (Fsp3) is 0.273. The van der Waals surface area contributed by atoms with Gasteiger partial charge in [0.05, 0.1) is 25.1 Å². The first kappa shape index (κ1) is 10.5. The Hall–Kier alpha value is -2.04. The van der Waals surface area contributed by atoms with E-state index in [1.807, 2.05) is 6.07 Å². The lowest BCUT2D eigenvalue weighted by molar-refractivity contribution is 0.358. The standard InChI is InChI=1S/C11H13N3O2/c1-6-13-7-4-5-8(15-2)10(16-3)9(7)11(12)14-6/h4-5H,1-3H3,(H2,12,13,14). The molecule has 0 atom stereocenters. The summed E-state index contributed by atoms with van der Waals surface area (Å²) in [6.07, 6.45) is 0. The number of benzene rings is 1. The number of nitrogen functional groups attached to an aromatic ring is 1. The highest BCUT2D eigenvalue weighted by molar-refractivity contribution is 5.95. The van der Waals surface area contributed by atoms with Gasteiger partial charge in [0.15, 0.2) is 11.5 Å². The van der Waals surface area contributed by atoms with E-state index in [-0.39, 0.29) is 0 Å². The Kier molecular flexibility index (Phi) is 2.52. The zero-order valence-corrected chi connectivity index (χ0v) is 9.44. The first-order valence-corrected chi connectivity index (χ1v) is 4.82. The zero-order valence-electron chi connectivity index (χ0n) is 9.44. The molecule has 0 amide bonds. The van der Waals surface area contributed by atoms with Crippen molar-refractivity contribution in [3.63, 3.8) is 0 Å². The molecular weight excluding hydrogens is 206 g/mol. The van der Waals surface area contributed by atoms with Crippen LogP contribution in [0.2, 0.25) is 0 Å². The Balaban J connectivity index is 2.86. The van der Waals surface area contributed by atoms with E-state index in [2.05, 4.69) is 9.97 Å². The lowest BCUT2D eigenvalue weighted by atomic mass is 10.2. The van der Waals surface area contributed by atoms with Crippen LogP contribution in [0.5, 0.6) is 11.5 Å². The molecule has 84 valence electrons. The number of hydrogen-bond donors (Lipinski definition) is 1. The number of anilines is 1. The Morgan fingerprint density at radius 1 is 1.12 bits per heavy atom. The summed E-state index contributed by atoms with van der Waals surface area (Å²) in [5.74, 6) is 2.22. The van der Waals surface area contributed by atoms with Crippen LogP contribution in [0.1, 0.15) is 5.82 Å². The molecule has 0 bridgehead atoms. The number of fused-ring (bicyclic) bond motifs is 1. The van der Waals surface area contributed by atoms with Gasteiger partial charge in [-0.1, -0.05) is 0 Å². The molecule has 0 aliphatic carbocycles. The van der Waals surface area contributed by atoms with Gasteiger partial charge in [-0.15, -0.1) is 0 Å². The third-order valence-electron chi connectivity index (χ3n) is 2.34. The minimum absolute atomic E-state index is 0.401. The zero-order chi connectivity index (χ0) is 11.7. The third kappa shape index (κ3) is 1.50. The van der Waals surface area contributed by atoms with Crippen LogP contribution in [0.25, 0.3) is 10.9 Å². The molecule has 0 aliphatic heterocycles. The normalized spacial score (nSPS) is 10.4. The van der Waals surface area contributed by atoms with Crippen LogP contribution in [0, 0.1) is 6.92 Å². The predicted molar refractivity (Wildman–Crippen MR) is 61.8 cm³/mol. The van der Waals surface area contributed by atoms with Gasteiger partial charge >= 0.3 is 0 Å². The molecular formula is C11H13N3O2. The van der Waals surface area contributed by atoms with Crippen LogP contribution < -0.4 is 15.2 Å². The molecule has 2 aromatic rings. The quantitative estimate of drug-likeness (QED) is 0.829. The van der Waals surface area contributed by atoms with E-state index in [9.17, 15) is 0 Å². The fourth-order valence-corrected chi connectivity index (χ4v) is 1.69. The average molecular weight is 219 g/mol. The van der Waals surface area contributed by atoms with Crippen LogP contribution >= 0.6 is 0 Å². The van der Waals surface area contributed by atoms with E-state index in [0.29, 0.717) is 28.5 Å². The lowest BCUT2D eigenvalue weighted by Crippen LogP contribution is -2.00. The van der Waals surface area contributed by atoms with Crippen LogP contribution in [-0.4, -0.2) is 24.2 Å². The number of hydrogen-bond acceptors (Lipinski definition) is 5. The maximum Gasteiger partial charge on any atom is 0.173 e. The van der Waals surface area contributed by atoms with Crippen molar-refractivity contribution in [1.29, 1.82) is 0 Å². The number of aromatic nitrogens is 2. The summed E-state index contributed by atoms with van der Waals surface area (Å²) >= 11 is 0. The summed E-state index contributed by atoms with van der Waals surface area (Å²) in [4.78, 5) is 8.41. The molecule has 1 aromatic carbocycles. The monoisotopic (exact) mass is 219 g/mol. The van der Waals surface area contributed by atoms with Gasteiger partial charge in [-0.3, -0.25) is 0 Å². The van der Waals surface area contributed by atoms with Gasteiger partial charge in [0.1, 0.15) is 11.6 Å². The smallest absolute Gasteiger partial charge is 0.173 e. The second-order valence-electron chi connectivity index (χ2n) is 3.35. The number of methoxy groups -OCH3 is 2. The van der Waals surface area contributed by atoms with Crippen molar-refractivity contribution in [2.24, 2.45) is 0 Å². The van der Waals surface area contributed by atoms with Gasteiger partial charge in [0.2, 0.25) is 0 Å². The van der Waals surface area contributed by atoms with Crippen LogP contribution in [0.15, 0.2) is 12.1 Å². The van der Waals surface area contributed by atoms with Gasteiger partial charge in [-0.25, -0.2) is 9.97 Å². The molecule has 2 N–H and O–H groups in total.